The smallest absolute Gasteiger partial charge is 0.338 e. The number of benzene rings is 2. The Morgan fingerprint density at radius 2 is 1.69 bits per heavy atom. The fourth-order valence-electron chi connectivity index (χ4n) is 3.39. The maximum atomic E-state index is 13.5. The van der Waals surface area contributed by atoms with Gasteiger partial charge in [-0.15, -0.1) is 23.2 Å². The van der Waals surface area contributed by atoms with Crippen LogP contribution in [-0.2, 0) is 22.5 Å². The molecule has 0 N–H and O–H groups in total. The fraction of sp³-hybridized carbons (Fsp3) is 0.360. The summed E-state index contributed by atoms with van der Waals surface area (Å²) in [6.07, 6.45) is 2.50. The average Bonchev–Trinajstić information content (AvgIpc) is 3.18. The summed E-state index contributed by atoms with van der Waals surface area (Å²) < 4.78 is 16.6. The lowest BCUT2D eigenvalue weighted by atomic mass is 9.97. The molecule has 7 heteroatoms. The Kier molecular flexibility index (Phi) is 9.15. The lowest BCUT2D eigenvalue weighted by Gasteiger charge is -2.06. The first kappa shape index (κ1) is 24.3. The second-order valence-corrected chi connectivity index (χ2v) is 8.06. The lowest BCUT2D eigenvalue weighted by molar-refractivity contribution is 0.0529. The number of unbranched alkanes of at least 4 members (excludes halogenated alkanes) is 1. The van der Waals surface area contributed by atoms with Gasteiger partial charge >= 0.3 is 5.97 Å². The van der Waals surface area contributed by atoms with Gasteiger partial charge in [0.05, 0.1) is 30.2 Å². The number of hydrogen-bond donors (Lipinski definition) is 0. The molecule has 0 saturated heterocycles. The van der Waals surface area contributed by atoms with Crippen molar-refractivity contribution in [3.8, 4) is 0 Å². The summed E-state index contributed by atoms with van der Waals surface area (Å²) in [5.41, 5.74) is 2.92. The monoisotopic (exact) mass is 476 g/mol. The van der Waals surface area contributed by atoms with Crippen molar-refractivity contribution in [2.24, 2.45) is 0 Å². The second kappa shape index (κ2) is 12.0. The number of hydrogen-bond acceptors (Lipinski definition) is 5. The van der Waals surface area contributed by atoms with Crippen molar-refractivity contribution in [2.75, 3.05) is 25.0 Å². The molecule has 32 heavy (non-hydrogen) atoms. The van der Waals surface area contributed by atoms with Crippen molar-refractivity contribution in [1.29, 1.82) is 0 Å². The zero-order chi connectivity index (χ0) is 22.9. The molecule has 0 bridgehead atoms. The van der Waals surface area contributed by atoms with Gasteiger partial charge < -0.3 is 13.9 Å². The predicted molar refractivity (Wildman–Crippen MR) is 126 cm³/mol. The van der Waals surface area contributed by atoms with Crippen LogP contribution in [0.15, 0.2) is 46.9 Å². The number of ketones is 1. The third-order valence-corrected chi connectivity index (χ3v) is 5.31. The van der Waals surface area contributed by atoms with Gasteiger partial charge in [0.15, 0.2) is 5.78 Å². The number of carbonyl (C=O) groups excluding carboxylic acids is 2. The Morgan fingerprint density at radius 1 is 0.969 bits per heavy atom. The molecule has 0 atom stereocenters. The van der Waals surface area contributed by atoms with E-state index in [2.05, 4.69) is 6.92 Å². The molecule has 0 radical (unpaired) electrons. The van der Waals surface area contributed by atoms with Crippen LogP contribution >= 0.6 is 23.2 Å². The van der Waals surface area contributed by atoms with E-state index in [-0.39, 0.29) is 18.3 Å². The summed E-state index contributed by atoms with van der Waals surface area (Å²) >= 11 is 11.2. The van der Waals surface area contributed by atoms with Gasteiger partial charge in [0, 0.05) is 23.3 Å². The quantitative estimate of drug-likeness (QED) is 0.135. The van der Waals surface area contributed by atoms with E-state index in [0.717, 1.165) is 18.4 Å². The Hall–Kier alpha value is -2.34. The number of esters is 1. The minimum Gasteiger partial charge on any atom is -0.461 e. The molecule has 2 aromatic carbocycles. The molecule has 170 valence electrons. The van der Waals surface area contributed by atoms with Gasteiger partial charge in [0.2, 0.25) is 0 Å². The number of rotatable bonds is 12. The van der Waals surface area contributed by atoms with Gasteiger partial charge in [-0.25, -0.2) is 4.79 Å². The van der Waals surface area contributed by atoms with Gasteiger partial charge in [-0.2, -0.15) is 0 Å². The second-order valence-electron chi connectivity index (χ2n) is 7.31. The molecule has 0 aliphatic heterocycles. The summed E-state index contributed by atoms with van der Waals surface area (Å²) in [6, 6.07) is 12.3. The average molecular weight is 477 g/mol. The van der Waals surface area contributed by atoms with Crippen molar-refractivity contribution in [3.05, 3.63) is 70.5 Å². The highest BCUT2D eigenvalue weighted by molar-refractivity contribution is 6.18. The van der Waals surface area contributed by atoms with E-state index in [4.69, 9.17) is 37.1 Å². The van der Waals surface area contributed by atoms with Crippen molar-refractivity contribution >= 4 is 45.9 Å². The van der Waals surface area contributed by atoms with Crippen LogP contribution in [-0.4, -0.2) is 36.7 Å². The minimum atomic E-state index is -0.483. The third kappa shape index (κ3) is 5.91. The number of halogens is 2. The van der Waals surface area contributed by atoms with E-state index in [1.54, 1.807) is 30.3 Å². The van der Waals surface area contributed by atoms with Crippen LogP contribution in [0.2, 0.25) is 0 Å². The van der Waals surface area contributed by atoms with E-state index in [0.29, 0.717) is 58.9 Å². The van der Waals surface area contributed by atoms with Gasteiger partial charge in [0.25, 0.3) is 0 Å². The van der Waals surface area contributed by atoms with Crippen molar-refractivity contribution in [1.82, 2.24) is 0 Å². The highest BCUT2D eigenvalue weighted by Crippen LogP contribution is 2.31. The standard InChI is InChI=1S/C25H26Cl2O5/c1-2-3-4-22-23(24(28)18-7-5-17(6-8-18)16-30-13-11-26)20-15-19(9-10-21(20)32-22)25(29)31-14-12-27/h5-10,15H,2-4,11-14,16H2,1H3. The summed E-state index contributed by atoms with van der Waals surface area (Å²) in [7, 11) is 0. The predicted octanol–water partition coefficient (Wildman–Crippen LogP) is 6.16. The third-order valence-electron chi connectivity index (χ3n) is 5.00. The van der Waals surface area contributed by atoms with Crippen LogP contribution in [0, 0.1) is 0 Å². The van der Waals surface area contributed by atoms with E-state index in [1.165, 1.54) is 0 Å². The lowest BCUT2D eigenvalue weighted by Crippen LogP contribution is -2.08. The Bertz CT molecular complexity index is 1060. The highest BCUT2D eigenvalue weighted by atomic mass is 35.5. The maximum absolute atomic E-state index is 13.5. The first-order chi connectivity index (χ1) is 15.6. The summed E-state index contributed by atoms with van der Waals surface area (Å²) in [5, 5.41) is 0.607. The zero-order valence-corrected chi connectivity index (χ0v) is 19.5. The number of carbonyl (C=O) groups is 2. The van der Waals surface area contributed by atoms with Crippen molar-refractivity contribution in [3.63, 3.8) is 0 Å². The molecule has 0 fully saturated rings. The minimum absolute atomic E-state index is 0.123. The number of furan rings is 1. The molecule has 3 rings (SSSR count). The van der Waals surface area contributed by atoms with Crippen LogP contribution in [0.25, 0.3) is 11.0 Å². The molecule has 0 aliphatic rings. The number of fused-ring (bicyclic) bond motifs is 1. The SMILES string of the molecule is CCCCc1oc2ccc(C(=O)OCCCl)cc2c1C(=O)c1ccc(COCCCl)cc1. The molecule has 0 saturated carbocycles. The molecule has 1 heterocycles. The van der Waals surface area contributed by atoms with E-state index < -0.39 is 5.97 Å². The van der Waals surface area contributed by atoms with Crippen LogP contribution in [0.5, 0.6) is 0 Å². The fourth-order valence-corrected chi connectivity index (χ4v) is 3.58. The van der Waals surface area contributed by atoms with Crippen LogP contribution < -0.4 is 0 Å². The first-order valence-corrected chi connectivity index (χ1v) is 11.7. The van der Waals surface area contributed by atoms with Crippen LogP contribution in [0.4, 0.5) is 0 Å². The summed E-state index contributed by atoms with van der Waals surface area (Å²) in [6.45, 7) is 3.11. The summed E-state index contributed by atoms with van der Waals surface area (Å²) in [5.74, 6) is 0.661. The maximum Gasteiger partial charge on any atom is 0.338 e. The van der Waals surface area contributed by atoms with E-state index in [1.807, 2.05) is 12.1 Å². The van der Waals surface area contributed by atoms with Crippen LogP contribution in [0.3, 0.4) is 0 Å². The summed E-state index contributed by atoms with van der Waals surface area (Å²) in [4.78, 5) is 25.8. The van der Waals surface area contributed by atoms with Crippen molar-refractivity contribution < 1.29 is 23.5 Å². The molecule has 0 aliphatic carbocycles. The van der Waals surface area contributed by atoms with Crippen LogP contribution in [0.1, 0.15) is 57.4 Å². The topological polar surface area (TPSA) is 65.7 Å². The molecule has 0 amide bonds. The molecule has 0 unspecified atom stereocenters. The van der Waals surface area contributed by atoms with E-state index >= 15 is 0 Å². The molecule has 3 aromatic rings. The van der Waals surface area contributed by atoms with E-state index in [9.17, 15) is 9.59 Å². The van der Waals surface area contributed by atoms with Gasteiger partial charge in [0.1, 0.15) is 18.0 Å². The molecule has 0 spiro atoms. The number of aryl methyl sites for hydroxylation is 1. The Labute approximate surface area is 197 Å². The zero-order valence-electron chi connectivity index (χ0n) is 18.0. The molecular weight excluding hydrogens is 451 g/mol. The molecular formula is C25H26Cl2O5. The molecule has 1 aromatic heterocycles. The number of alkyl halides is 2. The van der Waals surface area contributed by atoms with Gasteiger partial charge in [-0.1, -0.05) is 37.6 Å². The number of ether oxygens (including phenoxy) is 2. The molecule has 5 nitrogen and oxygen atoms in total. The first-order valence-electron chi connectivity index (χ1n) is 10.6. The normalized spacial score (nSPS) is 11.1. The Morgan fingerprint density at radius 3 is 2.38 bits per heavy atom. The largest absolute Gasteiger partial charge is 0.461 e. The Balaban J connectivity index is 1.96. The van der Waals surface area contributed by atoms with Gasteiger partial charge in [-0.05, 0) is 30.2 Å². The van der Waals surface area contributed by atoms with Crippen molar-refractivity contribution in [2.45, 2.75) is 32.8 Å². The highest BCUT2D eigenvalue weighted by Gasteiger charge is 2.23. The van der Waals surface area contributed by atoms with Gasteiger partial charge in [-0.3, -0.25) is 4.79 Å².